The highest BCUT2D eigenvalue weighted by Gasteiger charge is 2.23. The largest absolute Gasteiger partial charge is 0.368 e. The Bertz CT molecular complexity index is 948. The third-order valence-electron chi connectivity index (χ3n) is 4.99. The molecule has 0 N–H and O–H groups in total. The first-order valence-electron chi connectivity index (χ1n) is 9.40. The molecule has 1 fully saturated rings. The Hall–Kier alpha value is -2.73. The molecule has 1 aliphatic heterocycles. The molecule has 6 heteroatoms. The normalized spacial score (nSPS) is 14.4. The van der Waals surface area contributed by atoms with E-state index in [2.05, 4.69) is 22.0 Å². The second-order valence-corrected chi connectivity index (χ2v) is 8.18. The van der Waals surface area contributed by atoms with Crippen molar-refractivity contribution in [1.82, 2.24) is 9.88 Å². The minimum Gasteiger partial charge on any atom is -0.368 e. The van der Waals surface area contributed by atoms with E-state index in [0.717, 1.165) is 47.3 Å². The van der Waals surface area contributed by atoms with Crippen LogP contribution in [0.4, 0.5) is 10.1 Å². The van der Waals surface area contributed by atoms with Gasteiger partial charge in [0.15, 0.2) is 0 Å². The van der Waals surface area contributed by atoms with E-state index in [9.17, 15) is 9.18 Å². The molecule has 1 aromatic heterocycles. The number of para-hydroxylation sites is 1. The first-order valence-corrected chi connectivity index (χ1v) is 10.2. The molecule has 1 amide bonds. The lowest BCUT2D eigenvalue weighted by Gasteiger charge is -2.36. The van der Waals surface area contributed by atoms with Gasteiger partial charge in [0.25, 0.3) is 0 Å². The summed E-state index contributed by atoms with van der Waals surface area (Å²) in [5.74, 6) is -0.149. The molecule has 3 aromatic rings. The lowest BCUT2D eigenvalue weighted by atomic mass is 10.1. The Kier molecular flexibility index (Phi) is 5.39. The molecule has 28 heavy (non-hydrogen) atoms. The van der Waals surface area contributed by atoms with Crippen LogP contribution in [0, 0.1) is 12.7 Å². The predicted octanol–water partition coefficient (Wildman–Crippen LogP) is 4.15. The number of halogens is 1. The number of thiazole rings is 1. The van der Waals surface area contributed by atoms with Crippen LogP contribution in [-0.2, 0) is 11.2 Å². The van der Waals surface area contributed by atoms with Crippen LogP contribution in [-0.4, -0.2) is 42.0 Å². The number of aryl methyl sites for hydroxylation is 1. The first kappa shape index (κ1) is 18.6. The van der Waals surface area contributed by atoms with Gasteiger partial charge in [-0.25, -0.2) is 9.37 Å². The van der Waals surface area contributed by atoms with Crippen LogP contribution in [0.15, 0.2) is 54.6 Å². The maximum atomic E-state index is 13.2. The molecule has 1 aliphatic rings. The number of nitrogens with zero attached hydrogens (tertiary/aromatic N) is 3. The summed E-state index contributed by atoms with van der Waals surface area (Å²) in [6, 6.07) is 16.6. The van der Waals surface area contributed by atoms with Gasteiger partial charge < -0.3 is 9.80 Å². The van der Waals surface area contributed by atoms with Crippen LogP contribution in [0.3, 0.4) is 0 Å². The summed E-state index contributed by atoms with van der Waals surface area (Å²) in [7, 11) is 0. The van der Waals surface area contributed by atoms with Crippen LogP contribution in [0.5, 0.6) is 0 Å². The van der Waals surface area contributed by atoms with Gasteiger partial charge in [0, 0.05) is 42.3 Å². The number of rotatable bonds is 4. The zero-order valence-corrected chi connectivity index (χ0v) is 16.6. The summed E-state index contributed by atoms with van der Waals surface area (Å²) in [5, 5.41) is 0.913. The van der Waals surface area contributed by atoms with Crippen molar-refractivity contribution in [3.8, 4) is 11.3 Å². The van der Waals surface area contributed by atoms with Gasteiger partial charge in [-0.05, 0) is 43.3 Å². The van der Waals surface area contributed by atoms with Crippen molar-refractivity contribution in [2.45, 2.75) is 13.3 Å². The lowest BCUT2D eigenvalue weighted by Crippen LogP contribution is -2.49. The molecule has 2 aromatic carbocycles. The molecular weight excluding hydrogens is 373 g/mol. The smallest absolute Gasteiger partial charge is 0.228 e. The van der Waals surface area contributed by atoms with Crippen molar-refractivity contribution in [2.75, 3.05) is 31.1 Å². The van der Waals surface area contributed by atoms with E-state index < -0.39 is 0 Å². The van der Waals surface area contributed by atoms with E-state index in [-0.39, 0.29) is 11.7 Å². The van der Waals surface area contributed by atoms with Gasteiger partial charge in [0.1, 0.15) is 5.82 Å². The van der Waals surface area contributed by atoms with Crippen molar-refractivity contribution in [2.24, 2.45) is 0 Å². The van der Waals surface area contributed by atoms with Crippen molar-refractivity contribution in [3.05, 3.63) is 70.3 Å². The van der Waals surface area contributed by atoms with Crippen LogP contribution in [0.2, 0.25) is 0 Å². The van der Waals surface area contributed by atoms with Crippen molar-refractivity contribution >= 4 is 22.9 Å². The standard InChI is InChI=1S/C22H22FN3OS/c1-16-24-22(17-7-9-18(23)10-8-17)20(28-16)15-21(27)26-13-11-25(12-14-26)19-5-3-2-4-6-19/h2-10H,11-15H2,1H3. The summed E-state index contributed by atoms with van der Waals surface area (Å²) in [6.45, 7) is 5.05. The van der Waals surface area contributed by atoms with E-state index >= 15 is 0 Å². The summed E-state index contributed by atoms with van der Waals surface area (Å²) < 4.78 is 13.2. The number of piperazine rings is 1. The summed E-state index contributed by atoms with van der Waals surface area (Å²) in [6.07, 6.45) is 0.337. The molecule has 0 radical (unpaired) electrons. The molecule has 1 saturated heterocycles. The van der Waals surface area contributed by atoms with Gasteiger partial charge >= 0.3 is 0 Å². The minimum atomic E-state index is -0.274. The fraction of sp³-hybridized carbons (Fsp3) is 0.273. The van der Waals surface area contributed by atoms with Crippen molar-refractivity contribution in [1.29, 1.82) is 0 Å². The number of amides is 1. The van der Waals surface area contributed by atoms with Gasteiger partial charge in [-0.1, -0.05) is 18.2 Å². The monoisotopic (exact) mass is 395 g/mol. The number of hydrogen-bond donors (Lipinski definition) is 0. The number of carbonyl (C=O) groups excluding carboxylic acids is 1. The predicted molar refractivity (Wildman–Crippen MR) is 111 cm³/mol. The summed E-state index contributed by atoms with van der Waals surface area (Å²) in [4.78, 5) is 22.6. The van der Waals surface area contributed by atoms with E-state index in [4.69, 9.17) is 0 Å². The van der Waals surface area contributed by atoms with Gasteiger partial charge in [0.05, 0.1) is 17.1 Å². The fourth-order valence-electron chi connectivity index (χ4n) is 3.52. The van der Waals surface area contributed by atoms with E-state index in [1.54, 1.807) is 23.5 Å². The summed E-state index contributed by atoms with van der Waals surface area (Å²) in [5.41, 5.74) is 2.84. The van der Waals surface area contributed by atoms with Gasteiger partial charge in [-0.15, -0.1) is 11.3 Å². The van der Waals surface area contributed by atoms with Gasteiger partial charge in [-0.2, -0.15) is 0 Å². The Morgan fingerprint density at radius 1 is 1.04 bits per heavy atom. The number of benzene rings is 2. The Morgan fingerprint density at radius 2 is 1.71 bits per heavy atom. The molecule has 0 saturated carbocycles. The topological polar surface area (TPSA) is 36.4 Å². The molecule has 4 rings (SSSR count). The molecular formula is C22H22FN3OS. The highest BCUT2D eigenvalue weighted by molar-refractivity contribution is 7.12. The van der Waals surface area contributed by atoms with E-state index in [1.807, 2.05) is 30.0 Å². The zero-order chi connectivity index (χ0) is 19.5. The molecule has 2 heterocycles. The SMILES string of the molecule is Cc1nc(-c2ccc(F)cc2)c(CC(=O)N2CCN(c3ccccc3)CC2)s1. The highest BCUT2D eigenvalue weighted by Crippen LogP contribution is 2.29. The average molecular weight is 396 g/mol. The van der Waals surface area contributed by atoms with E-state index in [1.165, 1.54) is 17.8 Å². The molecule has 0 bridgehead atoms. The zero-order valence-electron chi connectivity index (χ0n) is 15.8. The Labute approximate surface area is 168 Å². The third-order valence-corrected chi connectivity index (χ3v) is 5.96. The minimum absolute atomic E-state index is 0.125. The van der Waals surface area contributed by atoms with Crippen LogP contribution in [0.25, 0.3) is 11.3 Å². The first-order chi connectivity index (χ1) is 13.6. The Morgan fingerprint density at radius 3 is 2.39 bits per heavy atom. The maximum Gasteiger partial charge on any atom is 0.228 e. The number of anilines is 1. The molecule has 0 atom stereocenters. The molecule has 0 unspecified atom stereocenters. The van der Waals surface area contributed by atoms with Crippen LogP contribution < -0.4 is 4.90 Å². The lowest BCUT2D eigenvalue weighted by molar-refractivity contribution is -0.130. The number of aromatic nitrogens is 1. The van der Waals surface area contributed by atoms with Crippen LogP contribution >= 0.6 is 11.3 Å². The number of carbonyl (C=O) groups is 1. The molecule has 144 valence electrons. The van der Waals surface area contributed by atoms with Crippen molar-refractivity contribution < 1.29 is 9.18 Å². The quantitative estimate of drug-likeness (QED) is 0.666. The molecule has 0 aliphatic carbocycles. The van der Waals surface area contributed by atoms with Gasteiger partial charge in [-0.3, -0.25) is 4.79 Å². The Balaban J connectivity index is 1.43. The fourth-order valence-corrected chi connectivity index (χ4v) is 4.47. The van der Waals surface area contributed by atoms with Gasteiger partial charge in [0.2, 0.25) is 5.91 Å². The maximum absolute atomic E-state index is 13.2. The average Bonchev–Trinajstić information content (AvgIpc) is 3.09. The third kappa shape index (κ3) is 4.07. The van der Waals surface area contributed by atoms with E-state index in [0.29, 0.717) is 6.42 Å². The van der Waals surface area contributed by atoms with Crippen molar-refractivity contribution in [3.63, 3.8) is 0 Å². The van der Waals surface area contributed by atoms with Crippen LogP contribution in [0.1, 0.15) is 9.88 Å². The second kappa shape index (κ2) is 8.10. The molecule has 0 spiro atoms. The number of hydrogen-bond acceptors (Lipinski definition) is 4. The second-order valence-electron chi connectivity index (χ2n) is 6.89. The summed E-state index contributed by atoms with van der Waals surface area (Å²) >= 11 is 1.54. The molecule has 4 nitrogen and oxygen atoms in total. The highest BCUT2D eigenvalue weighted by atomic mass is 32.1.